The van der Waals surface area contributed by atoms with E-state index in [9.17, 15) is 9.59 Å². The average molecular weight is 500 g/mol. The number of rotatable bonds is 8. The van der Waals surface area contributed by atoms with E-state index in [1.54, 1.807) is 0 Å². The molecule has 0 saturated heterocycles. The number of benzene rings is 1. The second kappa shape index (κ2) is 10.1. The average Bonchev–Trinajstić information content (AvgIpc) is 3.39. The second-order valence-corrected chi connectivity index (χ2v) is 11.3. The molecule has 7 nitrogen and oxygen atoms in total. The van der Waals surface area contributed by atoms with Gasteiger partial charge in [0.05, 0.1) is 10.6 Å². The molecule has 10 heteroatoms. The molecule has 33 heavy (non-hydrogen) atoms. The Morgan fingerprint density at radius 3 is 2.67 bits per heavy atom. The molecule has 4 aromatic rings. The van der Waals surface area contributed by atoms with Crippen molar-refractivity contribution in [1.29, 1.82) is 0 Å². The van der Waals surface area contributed by atoms with Gasteiger partial charge in [0.25, 0.3) is 5.56 Å². The summed E-state index contributed by atoms with van der Waals surface area (Å²) in [5.74, 6) is 0.297. The highest BCUT2D eigenvalue weighted by Crippen LogP contribution is 2.32. The van der Waals surface area contributed by atoms with E-state index in [0.717, 1.165) is 28.1 Å². The van der Waals surface area contributed by atoms with Crippen molar-refractivity contribution in [2.24, 2.45) is 5.92 Å². The normalized spacial score (nSPS) is 12.4. The fourth-order valence-corrected chi connectivity index (χ4v) is 6.17. The maximum atomic E-state index is 12.9. The van der Waals surface area contributed by atoms with E-state index in [1.807, 2.05) is 43.5 Å². The van der Waals surface area contributed by atoms with Gasteiger partial charge in [0.2, 0.25) is 11.0 Å². The van der Waals surface area contributed by atoms with E-state index in [-0.39, 0.29) is 11.5 Å². The molecule has 1 atom stereocenters. The number of thioether (sulfide) groups is 1. The number of carbonyl (C=O) groups is 1. The van der Waals surface area contributed by atoms with Crippen molar-refractivity contribution >= 4 is 55.7 Å². The van der Waals surface area contributed by atoms with E-state index < -0.39 is 5.25 Å². The van der Waals surface area contributed by atoms with Gasteiger partial charge in [-0.15, -0.1) is 21.5 Å². The second-order valence-electron chi connectivity index (χ2n) is 8.17. The Kier molecular flexibility index (Phi) is 7.26. The molecular weight excluding hydrogens is 474 g/mol. The zero-order valence-corrected chi connectivity index (χ0v) is 21.3. The van der Waals surface area contributed by atoms with Crippen LogP contribution >= 0.6 is 34.4 Å². The van der Waals surface area contributed by atoms with Crippen LogP contribution in [0.2, 0.25) is 0 Å². The Bertz CT molecular complexity index is 1320. The van der Waals surface area contributed by atoms with Crippen molar-refractivity contribution in [2.45, 2.75) is 50.9 Å². The minimum atomic E-state index is -0.417. The van der Waals surface area contributed by atoms with Crippen LogP contribution in [0.3, 0.4) is 0 Å². The maximum absolute atomic E-state index is 12.9. The van der Waals surface area contributed by atoms with Crippen molar-refractivity contribution in [1.82, 2.24) is 20.2 Å². The summed E-state index contributed by atoms with van der Waals surface area (Å²) >= 11 is 4.08. The lowest BCUT2D eigenvalue weighted by atomic mass is 10.1. The first kappa shape index (κ1) is 23.6. The first-order valence-corrected chi connectivity index (χ1v) is 13.3. The molecule has 0 aliphatic heterocycles. The Balaban J connectivity index is 1.52. The number of fused-ring (bicyclic) bond motifs is 1. The predicted octanol–water partition coefficient (Wildman–Crippen LogP) is 5.52. The lowest BCUT2D eigenvalue weighted by Gasteiger charge is -2.12. The van der Waals surface area contributed by atoms with Gasteiger partial charge in [-0.25, -0.2) is 4.98 Å². The first-order valence-electron chi connectivity index (χ1n) is 10.7. The molecule has 0 saturated carbocycles. The number of aryl methyl sites for hydroxylation is 1. The van der Waals surface area contributed by atoms with Crippen molar-refractivity contribution < 1.29 is 4.79 Å². The summed E-state index contributed by atoms with van der Waals surface area (Å²) in [4.78, 5) is 33.9. The molecule has 0 radical (unpaired) electrons. The third-order valence-corrected chi connectivity index (χ3v) is 7.96. The van der Waals surface area contributed by atoms with Crippen LogP contribution in [0.25, 0.3) is 21.3 Å². The van der Waals surface area contributed by atoms with Crippen LogP contribution in [0.1, 0.15) is 37.8 Å². The Labute approximate surface area is 204 Å². The molecule has 3 heterocycles. The maximum Gasteiger partial charge on any atom is 0.260 e. The summed E-state index contributed by atoms with van der Waals surface area (Å²) < 4.78 is 0. The summed E-state index contributed by atoms with van der Waals surface area (Å²) in [6, 6.07) is 8.07. The lowest BCUT2D eigenvalue weighted by Crippen LogP contribution is -2.25. The minimum absolute atomic E-state index is 0.177. The Morgan fingerprint density at radius 2 is 1.97 bits per heavy atom. The standard InChI is InChI=1S/C23H25N5O2S3/c1-5-16(19(29)24-23-28-27-17(33-23)10-12(2)3)32-22-25-20(30)18-15(11-31-21(18)26-22)14-8-6-13(4)7-9-14/h6-9,11-12,16H,5,10H2,1-4H3,(H,24,28,29)(H,25,26,30). The number of nitrogens with one attached hydrogen (secondary N) is 2. The molecular formula is C23H25N5O2S3. The third-order valence-electron chi connectivity index (χ3n) is 4.98. The molecule has 0 aliphatic carbocycles. The van der Waals surface area contributed by atoms with Gasteiger partial charge in [-0.1, -0.05) is 73.7 Å². The number of amides is 1. The number of aromatic amines is 1. The van der Waals surface area contributed by atoms with Crippen LogP contribution < -0.4 is 10.9 Å². The largest absolute Gasteiger partial charge is 0.301 e. The summed E-state index contributed by atoms with van der Waals surface area (Å²) in [7, 11) is 0. The molecule has 1 unspecified atom stereocenters. The number of aromatic nitrogens is 4. The number of hydrogen-bond acceptors (Lipinski definition) is 8. The minimum Gasteiger partial charge on any atom is -0.301 e. The van der Waals surface area contributed by atoms with E-state index in [0.29, 0.717) is 32.8 Å². The van der Waals surface area contributed by atoms with Gasteiger partial charge in [0, 0.05) is 17.4 Å². The number of carbonyl (C=O) groups excluding carboxylic acids is 1. The van der Waals surface area contributed by atoms with Crippen LogP contribution in [0.4, 0.5) is 5.13 Å². The van der Waals surface area contributed by atoms with Crippen molar-refractivity contribution in [3.63, 3.8) is 0 Å². The monoisotopic (exact) mass is 499 g/mol. The Hall–Kier alpha value is -2.56. The van der Waals surface area contributed by atoms with Gasteiger partial charge in [-0.3, -0.25) is 14.9 Å². The van der Waals surface area contributed by atoms with Gasteiger partial charge < -0.3 is 4.98 Å². The molecule has 0 spiro atoms. The van der Waals surface area contributed by atoms with Crippen LogP contribution in [-0.4, -0.2) is 31.3 Å². The SMILES string of the molecule is CCC(Sc1nc2scc(-c3ccc(C)cc3)c2c(=O)[nH]1)C(=O)Nc1nnc(CC(C)C)s1. The highest BCUT2D eigenvalue weighted by molar-refractivity contribution is 8.00. The van der Waals surface area contributed by atoms with Gasteiger partial charge in [0.15, 0.2) is 5.16 Å². The fraction of sp³-hybridized carbons (Fsp3) is 0.348. The van der Waals surface area contributed by atoms with Crippen LogP contribution in [0.15, 0.2) is 39.6 Å². The molecule has 4 rings (SSSR count). The molecule has 1 amide bonds. The summed E-state index contributed by atoms with van der Waals surface area (Å²) in [5.41, 5.74) is 2.83. The number of thiophene rings is 1. The van der Waals surface area contributed by atoms with E-state index >= 15 is 0 Å². The topological polar surface area (TPSA) is 101 Å². The van der Waals surface area contributed by atoms with Gasteiger partial charge in [0.1, 0.15) is 9.84 Å². The van der Waals surface area contributed by atoms with Crippen LogP contribution in [-0.2, 0) is 11.2 Å². The predicted molar refractivity (Wildman–Crippen MR) is 137 cm³/mol. The summed E-state index contributed by atoms with van der Waals surface area (Å²) in [6.45, 7) is 8.19. The van der Waals surface area contributed by atoms with E-state index in [1.165, 1.54) is 34.4 Å². The molecule has 172 valence electrons. The van der Waals surface area contributed by atoms with Gasteiger partial charge in [-0.05, 0) is 24.8 Å². The molecule has 0 aliphatic rings. The smallest absolute Gasteiger partial charge is 0.260 e. The molecule has 2 N–H and O–H groups in total. The highest BCUT2D eigenvalue weighted by Gasteiger charge is 2.22. The number of nitrogens with zero attached hydrogens (tertiary/aromatic N) is 3. The highest BCUT2D eigenvalue weighted by atomic mass is 32.2. The fourth-order valence-electron chi connectivity index (χ4n) is 3.31. The molecule has 0 fully saturated rings. The van der Waals surface area contributed by atoms with Crippen molar-refractivity contribution in [2.75, 3.05) is 5.32 Å². The first-order chi connectivity index (χ1) is 15.8. The summed E-state index contributed by atoms with van der Waals surface area (Å²) in [6.07, 6.45) is 1.41. The van der Waals surface area contributed by atoms with Crippen LogP contribution in [0, 0.1) is 12.8 Å². The zero-order chi connectivity index (χ0) is 23.5. The van der Waals surface area contributed by atoms with Crippen molar-refractivity contribution in [3.05, 3.63) is 50.6 Å². The number of anilines is 1. The molecule has 1 aromatic carbocycles. The van der Waals surface area contributed by atoms with Crippen LogP contribution in [0.5, 0.6) is 0 Å². The third kappa shape index (κ3) is 5.51. The molecule has 0 bridgehead atoms. The molecule has 3 aromatic heterocycles. The Morgan fingerprint density at radius 1 is 1.21 bits per heavy atom. The van der Waals surface area contributed by atoms with E-state index in [2.05, 4.69) is 39.3 Å². The summed E-state index contributed by atoms with van der Waals surface area (Å²) in [5, 5.41) is 15.0. The number of H-pyrrole nitrogens is 1. The van der Waals surface area contributed by atoms with Gasteiger partial charge in [-0.2, -0.15) is 0 Å². The lowest BCUT2D eigenvalue weighted by molar-refractivity contribution is -0.115. The van der Waals surface area contributed by atoms with Crippen molar-refractivity contribution in [3.8, 4) is 11.1 Å². The van der Waals surface area contributed by atoms with E-state index in [4.69, 9.17) is 0 Å². The zero-order valence-electron chi connectivity index (χ0n) is 18.8. The quantitative estimate of drug-likeness (QED) is 0.245. The number of hydrogen-bond donors (Lipinski definition) is 2. The van der Waals surface area contributed by atoms with Gasteiger partial charge >= 0.3 is 0 Å².